The number of hydrogen-bond acceptors (Lipinski definition) is 7. The van der Waals surface area contributed by atoms with Gasteiger partial charge in [-0.15, -0.1) is 0 Å². The van der Waals surface area contributed by atoms with Crippen molar-refractivity contribution in [2.75, 3.05) is 6.61 Å². The Hall–Kier alpha value is -3.32. The number of benzene rings is 3. The van der Waals surface area contributed by atoms with Crippen molar-refractivity contribution in [2.24, 2.45) is 5.10 Å². The van der Waals surface area contributed by atoms with E-state index in [-0.39, 0.29) is 17.9 Å². The molecule has 1 aromatic heterocycles. The normalized spacial score (nSPS) is 11.2. The minimum absolute atomic E-state index is 0.00321. The van der Waals surface area contributed by atoms with Crippen molar-refractivity contribution in [2.45, 2.75) is 20.5 Å². The molecule has 4 rings (SSSR count). The third-order valence-corrected chi connectivity index (χ3v) is 6.42. The smallest absolute Gasteiger partial charge is 0.282 e. The van der Waals surface area contributed by atoms with Crippen LogP contribution in [0.1, 0.15) is 23.9 Å². The van der Waals surface area contributed by atoms with Gasteiger partial charge in [-0.3, -0.25) is 14.9 Å². The molecule has 0 aliphatic heterocycles. The summed E-state index contributed by atoms with van der Waals surface area (Å²) in [4.78, 5) is 28.1. The first kappa shape index (κ1) is 25.8. The Morgan fingerprint density at radius 3 is 2.75 bits per heavy atom. The van der Waals surface area contributed by atoms with E-state index in [9.17, 15) is 14.9 Å². The average molecular weight is 663 g/mol. The Balaban J connectivity index is 1.64. The highest BCUT2D eigenvalue weighted by atomic mass is 127. The van der Waals surface area contributed by atoms with Crippen LogP contribution >= 0.6 is 38.5 Å². The molecule has 36 heavy (non-hydrogen) atoms. The molecular weight excluding hydrogens is 643 g/mol. The van der Waals surface area contributed by atoms with E-state index >= 15 is 0 Å². The van der Waals surface area contributed by atoms with Crippen LogP contribution in [0.15, 0.2) is 69.0 Å². The first-order valence-electron chi connectivity index (χ1n) is 10.8. The molecule has 0 N–H and O–H groups in total. The summed E-state index contributed by atoms with van der Waals surface area (Å²) in [5.74, 6) is 1.48. The summed E-state index contributed by atoms with van der Waals surface area (Å²) in [6, 6.07) is 15.2. The van der Waals surface area contributed by atoms with E-state index in [2.05, 4.69) is 48.6 Å². The van der Waals surface area contributed by atoms with Gasteiger partial charge in [0.15, 0.2) is 11.5 Å². The van der Waals surface area contributed by atoms with Crippen LogP contribution in [0.25, 0.3) is 10.9 Å². The lowest BCUT2D eigenvalue weighted by Gasteiger charge is -2.15. The number of rotatable bonds is 8. The molecule has 0 atom stereocenters. The van der Waals surface area contributed by atoms with Crippen LogP contribution in [0.2, 0.25) is 0 Å². The van der Waals surface area contributed by atoms with Gasteiger partial charge in [0, 0.05) is 16.6 Å². The van der Waals surface area contributed by atoms with Crippen molar-refractivity contribution in [1.29, 1.82) is 0 Å². The van der Waals surface area contributed by atoms with E-state index in [1.54, 1.807) is 43.5 Å². The monoisotopic (exact) mass is 662 g/mol. The van der Waals surface area contributed by atoms with Crippen LogP contribution in [0, 0.1) is 20.6 Å². The molecule has 3 aromatic carbocycles. The van der Waals surface area contributed by atoms with Gasteiger partial charge >= 0.3 is 0 Å². The highest BCUT2D eigenvalue weighted by Gasteiger charge is 2.14. The molecule has 0 saturated carbocycles. The van der Waals surface area contributed by atoms with Gasteiger partial charge in [-0.05, 0) is 77.9 Å². The summed E-state index contributed by atoms with van der Waals surface area (Å²) >= 11 is 5.52. The number of nitro benzene ring substituents is 1. The molecule has 184 valence electrons. The third kappa shape index (κ3) is 5.73. The van der Waals surface area contributed by atoms with Crippen LogP contribution in [-0.4, -0.2) is 27.4 Å². The number of aryl methyl sites for hydroxylation is 1. The van der Waals surface area contributed by atoms with Crippen molar-refractivity contribution in [1.82, 2.24) is 9.66 Å². The van der Waals surface area contributed by atoms with E-state index in [0.717, 1.165) is 8.04 Å². The minimum atomic E-state index is -0.441. The molecule has 0 aliphatic carbocycles. The van der Waals surface area contributed by atoms with Gasteiger partial charge in [0.05, 0.1) is 32.2 Å². The van der Waals surface area contributed by atoms with Gasteiger partial charge in [0.1, 0.15) is 12.4 Å². The lowest BCUT2D eigenvalue weighted by Crippen LogP contribution is -2.20. The molecule has 0 bridgehead atoms. The molecule has 0 radical (unpaired) electrons. The summed E-state index contributed by atoms with van der Waals surface area (Å²) < 4.78 is 14.6. The zero-order chi connectivity index (χ0) is 25.8. The zero-order valence-electron chi connectivity index (χ0n) is 19.3. The van der Waals surface area contributed by atoms with Gasteiger partial charge in [-0.25, -0.2) is 4.98 Å². The molecule has 0 fully saturated rings. The van der Waals surface area contributed by atoms with Crippen molar-refractivity contribution < 1.29 is 14.4 Å². The standard InChI is InChI=1S/C25H20BrIN4O5/c1-3-35-23-11-17(10-21(27)24(23)36-14-16-5-4-6-19(9-16)31(33)34)13-28-30-15(2)29-22-8-7-18(26)12-20(22)25(30)32/h4-13H,3,14H2,1-2H3. The summed E-state index contributed by atoms with van der Waals surface area (Å²) in [5.41, 5.74) is 1.70. The van der Waals surface area contributed by atoms with Crippen LogP contribution in [0.4, 0.5) is 5.69 Å². The van der Waals surface area contributed by atoms with Gasteiger partial charge in [0.2, 0.25) is 0 Å². The van der Waals surface area contributed by atoms with E-state index in [4.69, 9.17) is 9.47 Å². The Kier molecular flexibility index (Phi) is 7.99. The van der Waals surface area contributed by atoms with E-state index in [0.29, 0.717) is 46.0 Å². The summed E-state index contributed by atoms with van der Waals surface area (Å²) in [6.45, 7) is 4.13. The third-order valence-electron chi connectivity index (χ3n) is 5.13. The fraction of sp³-hybridized carbons (Fsp3) is 0.160. The first-order chi connectivity index (χ1) is 17.3. The summed E-state index contributed by atoms with van der Waals surface area (Å²) in [5, 5.41) is 15.9. The van der Waals surface area contributed by atoms with Gasteiger partial charge in [-0.2, -0.15) is 9.78 Å². The second-order valence-electron chi connectivity index (χ2n) is 7.66. The molecule has 4 aromatic rings. The lowest BCUT2D eigenvalue weighted by molar-refractivity contribution is -0.384. The van der Waals surface area contributed by atoms with E-state index in [1.807, 2.05) is 19.1 Å². The predicted octanol–water partition coefficient (Wildman–Crippen LogP) is 5.84. The maximum Gasteiger partial charge on any atom is 0.282 e. The van der Waals surface area contributed by atoms with Gasteiger partial charge < -0.3 is 9.47 Å². The van der Waals surface area contributed by atoms with Crippen molar-refractivity contribution in [3.63, 3.8) is 0 Å². The van der Waals surface area contributed by atoms with Crippen LogP contribution in [0.3, 0.4) is 0 Å². The summed E-state index contributed by atoms with van der Waals surface area (Å²) in [6.07, 6.45) is 1.56. The Morgan fingerprint density at radius 1 is 1.19 bits per heavy atom. The maximum atomic E-state index is 13.0. The van der Waals surface area contributed by atoms with Gasteiger partial charge in [-0.1, -0.05) is 28.1 Å². The van der Waals surface area contributed by atoms with Crippen molar-refractivity contribution in [3.8, 4) is 11.5 Å². The van der Waals surface area contributed by atoms with Crippen molar-refractivity contribution in [3.05, 3.63) is 100 Å². The quantitative estimate of drug-likeness (QED) is 0.102. The lowest BCUT2D eigenvalue weighted by atomic mass is 10.2. The number of nitro groups is 1. The SMILES string of the molecule is CCOc1cc(C=Nn2c(C)nc3ccc(Br)cc3c2=O)cc(I)c1OCc1cccc([N+](=O)[O-])c1. The van der Waals surface area contributed by atoms with E-state index < -0.39 is 4.92 Å². The van der Waals surface area contributed by atoms with Gasteiger partial charge in [0.25, 0.3) is 11.2 Å². The van der Waals surface area contributed by atoms with E-state index in [1.165, 1.54) is 16.8 Å². The molecule has 11 heteroatoms. The fourth-order valence-corrected chi connectivity index (χ4v) is 4.64. The number of fused-ring (bicyclic) bond motifs is 1. The Bertz CT molecular complexity index is 1550. The summed E-state index contributed by atoms with van der Waals surface area (Å²) in [7, 11) is 0. The topological polar surface area (TPSA) is 109 Å². The number of aromatic nitrogens is 2. The number of halogens is 2. The average Bonchev–Trinajstić information content (AvgIpc) is 2.84. The van der Waals surface area contributed by atoms with Crippen LogP contribution in [0.5, 0.6) is 11.5 Å². The first-order valence-corrected chi connectivity index (χ1v) is 12.7. The number of nitrogens with zero attached hydrogens (tertiary/aromatic N) is 4. The largest absolute Gasteiger partial charge is 0.490 e. The molecule has 9 nitrogen and oxygen atoms in total. The molecule has 1 heterocycles. The Morgan fingerprint density at radius 2 is 2.00 bits per heavy atom. The Labute approximate surface area is 228 Å². The molecule has 0 spiro atoms. The maximum absolute atomic E-state index is 13.0. The van der Waals surface area contributed by atoms with Crippen molar-refractivity contribution >= 4 is 61.3 Å². The highest BCUT2D eigenvalue weighted by Crippen LogP contribution is 2.34. The number of ether oxygens (including phenoxy) is 2. The highest BCUT2D eigenvalue weighted by molar-refractivity contribution is 14.1. The molecule has 0 saturated heterocycles. The van der Waals surface area contributed by atoms with Crippen LogP contribution < -0.4 is 15.0 Å². The molecule has 0 unspecified atom stereocenters. The zero-order valence-corrected chi connectivity index (χ0v) is 23.0. The fourth-order valence-electron chi connectivity index (χ4n) is 3.50. The second-order valence-corrected chi connectivity index (χ2v) is 9.74. The molecule has 0 aliphatic rings. The number of non-ortho nitro benzene ring substituents is 1. The second kappa shape index (κ2) is 11.2. The number of hydrogen-bond donors (Lipinski definition) is 0. The minimum Gasteiger partial charge on any atom is -0.490 e. The molecular formula is C25H20BrIN4O5. The molecule has 0 amide bonds. The predicted molar refractivity (Wildman–Crippen MR) is 149 cm³/mol. The van der Waals surface area contributed by atoms with Crippen LogP contribution in [-0.2, 0) is 6.61 Å².